The van der Waals surface area contributed by atoms with Gasteiger partial charge in [0.25, 0.3) is 0 Å². The second kappa shape index (κ2) is 8.10. The van der Waals surface area contributed by atoms with Gasteiger partial charge in [-0.25, -0.2) is 14.4 Å². The lowest BCUT2D eigenvalue weighted by Gasteiger charge is -2.73. The molecule has 0 aromatic heterocycles. The van der Waals surface area contributed by atoms with Crippen LogP contribution in [-0.4, -0.2) is 34.7 Å². The van der Waals surface area contributed by atoms with Gasteiger partial charge in [0, 0.05) is 34.5 Å². The third-order valence-corrected chi connectivity index (χ3v) is 9.47. The Balaban J connectivity index is 2.18. The fourth-order valence-corrected chi connectivity index (χ4v) is 7.66. The van der Waals surface area contributed by atoms with Crippen molar-refractivity contribution >= 4 is 17.9 Å². The van der Waals surface area contributed by atoms with Gasteiger partial charge in [-0.15, -0.1) is 0 Å². The minimum atomic E-state index is -0.800. The van der Waals surface area contributed by atoms with E-state index in [9.17, 15) is 14.4 Å². The highest BCUT2D eigenvalue weighted by molar-refractivity contribution is 5.82. The third kappa shape index (κ3) is 3.93. The molecule has 188 valence electrons. The zero-order valence-corrected chi connectivity index (χ0v) is 21.6. The third-order valence-electron chi connectivity index (χ3n) is 9.47. The average Bonchev–Trinajstić information content (AvgIpc) is 2.71. The van der Waals surface area contributed by atoms with Crippen LogP contribution in [0.5, 0.6) is 0 Å². The van der Waals surface area contributed by atoms with Gasteiger partial charge in [0.05, 0.1) is 0 Å². The fraction of sp³-hybridized carbons (Fsp3) is 0.679. The summed E-state index contributed by atoms with van der Waals surface area (Å²) in [5, 5.41) is 0. The maximum absolute atomic E-state index is 12.3. The van der Waals surface area contributed by atoms with Gasteiger partial charge in [0.15, 0.2) is 0 Å². The van der Waals surface area contributed by atoms with Crippen LogP contribution in [0.15, 0.2) is 38.0 Å². The Morgan fingerprint density at radius 1 is 0.618 bits per heavy atom. The summed E-state index contributed by atoms with van der Waals surface area (Å²) in [6.45, 7) is 22.5. The van der Waals surface area contributed by atoms with Crippen LogP contribution in [0.1, 0.15) is 80.1 Å². The summed E-state index contributed by atoms with van der Waals surface area (Å²) in [5.41, 5.74) is -3.57. The highest BCUT2D eigenvalue weighted by Crippen LogP contribution is 2.77. The van der Waals surface area contributed by atoms with Crippen molar-refractivity contribution < 1.29 is 28.6 Å². The van der Waals surface area contributed by atoms with E-state index in [1.807, 2.05) is 41.5 Å². The molecular formula is C28H40O6. The van der Waals surface area contributed by atoms with Crippen LogP contribution in [-0.2, 0) is 28.6 Å². The normalized spacial score (nSPS) is 32.5. The first-order chi connectivity index (χ1) is 15.5. The van der Waals surface area contributed by atoms with E-state index in [4.69, 9.17) is 14.2 Å². The van der Waals surface area contributed by atoms with Crippen LogP contribution >= 0.6 is 0 Å². The van der Waals surface area contributed by atoms with Crippen LogP contribution in [0.2, 0.25) is 0 Å². The summed E-state index contributed by atoms with van der Waals surface area (Å²) in [7, 11) is 0. The SMILES string of the molecule is C=CC(=O)OC(C)(C)C12CC3CC(C(C)(C)OC(=O)C=C)(C1)CC(C(C)(C)OC(=O)C=C)(C3)C2. The molecule has 4 saturated carbocycles. The van der Waals surface area contributed by atoms with Crippen molar-refractivity contribution in [3.8, 4) is 0 Å². The van der Waals surface area contributed by atoms with Gasteiger partial charge in [-0.2, -0.15) is 0 Å². The predicted molar refractivity (Wildman–Crippen MR) is 130 cm³/mol. The van der Waals surface area contributed by atoms with Gasteiger partial charge >= 0.3 is 17.9 Å². The molecule has 6 nitrogen and oxygen atoms in total. The molecule has 0 atom stereocenters. The number of carbonyl (C=O) groups excluding carboxylic acids is 3. The van der Waals surface area contributed by atoms with Gasteiger partial charge in [-0.05, 0) is 86.0 Å². The molecule has 0 heterocycles. The molecular weight excluding hydrogens is 432 g/mol. The number of rotatable bonds is 9. The van der Waals surface area contributed by atoms with E-state index in [0.29, 0.717) is 5.92 Å². The summed E-state index contributed by atoms with van der Waals surface area (Å²) in [4.78, 5) is 37.0. The van der Waals surface area contributed by atoms with Gasteiger partial charge in [-0.3, -0.25) is 0 Å². The van der Waals surface area contributed by atoms with Crippen molar-refractivity contribution in [1.82, 2.24) is 0 Å². The summed E-state index contributed by atoms with van der Waals surface area (Å²) >= 11 is 0. The first-order valence-electron chi connectivity index (χ1n) is 12.1. The Labute approximate surface area is 203 Å². The molecule has 0 spiro atoms. The lowest BCUT2D eigenvalue weighted by Crippen LogP contribution is -2.71. The molecule has 0 radical (unpaired) electrons. The summed E-state index contributed by atoms with van der Waals surface area (Å²) in [5.74, 6) is -1.07. The number of hydrogen-bond acceptors (Lipinski definition) is 6. The summed E-state index contributed by atoms with van der Waals surface area (Å²) in [6.07, 6.45) is 8.47. The first kappa shape index (κ1) is 26.2. The average molecular weight is 473 g/mol. The van der Waals surface area contributed by atoms with E-state index in [0.717, 1.165) is 38.5 Å². The number of hydrogen-bond donors (Lipinski definition) is 0. The molecule has 0 N–H and O–H groups in total. The van der Waals surface area contributed by atoms with Gasteiger partial charge < -0.3 is 14.2 Å². The molecule has 4 rings (SSSR count). The highest BCUT2D eigenvalue weighted by Gasteiger charge is 2.74. The Morgan fingerprint density at radius 2 is 0.853 bits per heavy atom. The maximum atomic E-state index is 12.3. The number of ether oxygens (including phenoxy) is 3. The fourth-order valence-electron chi connectivity index (χ4n) is 7.66. The smallest absolute Gasteiger partial charge is 0.330 e. The van der Waals surface area contributed by atoms with E-state index in [-0.39, 0.29) is 16.2 Å². The van der Waals surface area contributed by atoms with Crippen molar-refractivity contribution in [2.45, 2.75) is 96.9 Å². The first-order valence-corrected chi connectivity index (χ1v) is 12.1. The molecule has 0 aliphatic heterocycles. The van der Waals surface area contributed by atoms with Crippen molar-refractivity contribution in [1.29, 1.82) is 0 Å². The molecule has 4 aliphatic carbocycles. The zero-order valence-electron chi connectivity index (χ0n) is 21.6. The lowest BCUT2D eigenvalue weighted by atomic mass is 9.33. The number of carbonyl (C=O) groups is 3. The van der Waals surface area contributed by atoms with Crippen molar-refractivity contribution in [2.24, 2.45) is 22.2 Å². The van der Waals surface area contributed by atoms with E-state index in [1.165, 1.54) is 18.2 Å². The zero-order chi connectivity index (χ0) is 25.8. The minimum Gasteiger partial charge on any atom is -0.456 e. The van der Waals surface area contributed by atoms with E-state index < -0.39 is 34.7 Å². The van der Waals surface area contributed by atoms with Gasteiger partial charge in [0.2, 0.25) is 0 Å². The molecule has 0 amide bonds. The van der Waals surface area contributed by atoms with E-state index in [2.05, 4.69) is 19.7 Å². The number of esters is 3. The lowest BCUT2D eigenvalue weighted by molar-refractivity contribution is -0.297. The van der Waals surface area contributed by atoms with Crippen molar-refractivity contribution in [3.05, 3.63) is 38.0 Å². The largest absolute Gasteiger partial charge is 0.456 e. The molecule has 6 heteroatoms. The molecule has 0 aromatic rings. The van der Waals surface area contributed by atoms with E-state index in [1.54, 1.807) is 0 Å². The highest BCUT2D eigenvalue weighted by atomic mass is 16.6. The van der Waals surface area contributed by atoms with Crippen LogP contribution in [0.3, 0.4) is 0 Å². The Hall–Kier alpha value is -2.37. The molecule has 4 aliphatic rings. The topological polar surface area (TPSA) is 78.9 Å². The van der Waals surface area contributed by atoms with E-state index >= 15 is 0 Å². The standard InChI is InChI=1S/C28H40O6/c1-10-20(29)32-23(4,5)26-13-19-14-27(16-26,24(6,7)33-21(30)11-2)18-28(15-19,17-26)25(8,9)34-22(31)12-3/h10-12,19H,1-3,13-18H2,4-9H3. The molecule has 34 heavy (non-hydrogen) atoms. The van der Waals surface area contributed by atoms with Crippen LogP contribution in [0.4, 0.5) is 0 Å². The van der Waals surface area contributed by atoms with Crippen LogP contribution in [0, 0.1) is 22.2 Å². The Kier molecular flexibility index (Phi) is 6.25. The molecule has 0 unspecified atom stereocenters. The summed E-state index contributed by atoms with van der Waals surface area (Å²) < 4.78 is 18.0. The molecule has 4 bridgehead atoms. The second-order valence-corrected chi connectivity index (χ2v) is 12.3. The van der Waals surface area contributed by atoms with Crippen molar-refractivity contribution in [2.75, 3.05) is 0 Å². The second-order valence-electron chi connectivity index (χ2n) is 12.3. The van der Waals surface area contributed by atoms with Crippen molar-refractivity contribution in [3.63, 3.8) is 0 Å². The molecule has 0 aromatic carbocycles. The monoisotopic (exact) mass is 472 g/mol. The van der Waals surface area contributed by atoms with Gasteiger partial charge in [-0.1, -0.05) is 19.7 Å². The molecule has 0 saturated heterocycles. The van der Waals surface area contributed by atoms with Crippen LogP contribution < -0.4 is 0 Å². The Bertz CT molecular complexity index is 796. The van der Waals surface area contributed by atoms with Crippen LogP contribution in [0.25, 0.3) is 0 Å². The molecule has 4 fully saturated rings. The Morgan fingerprint density at radius 3 is 1.06 bits per heavy atom. The quantitative estimate of drug-likeness (QED) is 0.252. The maximum Gasteiger partial charge on any atom is 0.330 e. The predicted octanol–water partition coefficient (Wildman–Crippen LogP) is 5.47. The minimum absolute atomic E-state index is 0.307. The summed E-state index contributed by atoms with van der Waals surface area (Å²) in [6, 6.07) is 0. The van der Waals surface area contributed by atoms with Gasteiger partial charge in [0.1, 0.15) is 16.8 Å².